The fraction of sp³-hybridized carbons (Fsp3) is 0.500. The van der Waals surface area contributed by atoms with E-state index < -0.39 is 0 Å². The SMILES string of the molecule is CC[C@@H](C)[C@@H](CO)NC(=O)CCc1nc(-c2ccncc2)no1. The van der Waals surface area contributed by atoms with Crippen LogP contribution in [-0.4, -0.2) is 38.8 Å². The van der Waals surface area contributed by atoms with Gasteiger partial charge < -0.3 is 14.9 Å². The van der Waals surface area contributed by atoms with Crippen molar-refractivity contribution in [1.29, 1.82) is 0 Å². The van der Waals surface area contributed by atoms with E-state index in [0.29, 0.717) is 18.1 Å². The molecule has 23 heavy (non-hydrogen) atoms. The number of carbonyl (C=O) groups excluding carboxylic acids is 1. The minimum absolute atomic E-state index is 0.0620. The molecule has 1 amide bonds. The summed E-state index contributed by atoms with van der Waals surface area (Å²) in [6.45, 7) is 3.96. The summed E-state index contributed by atoms with van der Waals surface area (Å²) in [5.74, 6) is 0.991. The predicted octanol–water partition coefficient (Wildman–Crippen LogP) is 1.59. The molecule has 2 aromatic rings. The number of rotatable bonds is 8. The molecule has 2 heterocycles. The Kier molecular flexibility index (Phi) is 6.22. The highest BCUT2D eigenvalue weighted by Crippen LogP contribution is 2.14. The lowest BCUT2D eigenvalue weighted by atomic mass is 10.00. The van der Waals surface area contributed by atoms with Gasteiger partial charge in [-0.1, -0.05) is 25.4 Å². The second-order valence-corrected chi connectivity index (χ2v) is 5.49. The molecule has 2 rings (SSSR count). The lowest BCUT2D eigenvalue weighted by Gasteiger charge is -2.21. The molecular weight excluding hydrogens is 296 g/mol. The molecule has 7 heteroatoms. The summed E-state index contributed by atoms with van der Waals surface area (Å²) in [5, 5.41) is 16.1. The van der Waals surface area contributed by atoms with Crippen LogP contribution < -0.4 is 5.32 Å². The van der Waals surface area contributed by atoms with E-state index in [4.69, 9.17) is 4.52 Å². The molecule has 0 aliphatic rings. The van der Waals surface area contributed by atoms with Gasteiger partial charge in [0.05, 0.1) is 12.6 Å². The molecule has 2 N–H and O–H groups in total. The number of hydrogen-bond acceptors (Lipinski definition) is 6. The molecule has 0 unspecified atom stereocenters. The first kappa shape index (κ1) is 17.1. The number of aliphatic hydroxyl groups excluding tert-OH is 1. The third-order valence-corrected chi connectivity index (χ3v) is 3.85. The molecule has 7 nitrogen and oxygen atoms in total. The number of pyridine rings is 1. The number of amides is 1. The van der Waals surface area contributed by atoms with Crippen LogP contribution in [0.2, 0.25) is 0 Å². The molecule has 2 atom stereocenters. The molecule has 0 saturated heterocycles. The van der Waals surface area contributed by atoms with Gasteiger partial charge in [0.2, 0.25) is 17.6 Å². The molecule has 124 valence electrons. The monoisotopic (exact) mass is 318 g/mol. The minimum atomic E-state index is -0.220. The van der Waals surface area contributed by atoms with Crippen LogP contribution in [-0.2, 0) is 11.2 Å². The Bertz CT molecular complexity index is 615. The van der Waals surface area contributed by atoms with Crippen molar-refractivity contribution in [1.82, 2.24) is 20.4 Å². The quantitative estimate of drug-likeness (QED) is 0.766. The number of nitrogens with zero attached hydrogens (tertiary/aromatic N) is 3. The first-order valence-corrected chi connectivity index (χ1v) is 7.77. The van der Waals surface area contributed by atoms with Gasteiger partial charge in [-0.15, -0.1) is 0 Å². The summed E-state index contributed by atoms with van der Waals surface area (Å²) in [5.41, 5.74) is 0.816. The van der Waals surface area contributed by atoms with Crippen LogP contribution in [0.25, 0.3) is 11.4 Å². The summed E-state index contributed by atoms with van der Waals surface area (Å²) in [7, 11) is 0. The van der Waals surface area contributed by atoms with Gasteiger partial charge in [-0.25, -0.2) is 0 Å². The fourth-order valence-electron chi connectivity index (χ4n) is 2.13. The lowest BCUT2D eigenvalue weighted by Crippen LogP contribution is -2.41. The molecule has 0 aromatic carbocycles. The Labute approximate surface area is 135 Å². The van der Waals surface area contributed by atoms with Gasteiger partial charge in [0.15, 0.2) is 0 Å². The van der Waals surface area contributed by atoms with Gasteiger partial charge in [-0.3, -0.25) is 9.78 Å². The van der Waals surface area contributed by atoms with Crippen LogP contribution >= 0.6 is 0 Å². The number of hydrogen-bond donors (Lipinski definition) is 2. The molecule has 0 spiro atoms. The van der Waals surface area contributed by atoms with Crippen molar-refractivity contribution in [3.05, 3.63) is 30.4 Å². The number of aliphatic hydroxyl groups is 1. The van der Waals surface area contributed by atoms with E-state index in [1.54, 1.807) is 24.5 Å². The highest BCUT2D eigenvalue weighted by Gasteiger charge is 2.18. The van der Waals surface area contributed by atoms with Crippen LogP contribution in [0, 0.1) is 5.92 Å². The Hall–Kier alpha value is -2.28. The highest BCUT2D eigenvalue weighted by molar-refractivity contribution is 5.76. The lowest BCUT2D eigenvalue weighted by molar-refractivity contribution is -0.122. The maximum atomic E-state index is 12.0. The average molecular weight is 318 g/mol. The highest BCUT2D eigenvalue weighted by atomic mass is 16.5. The molecule has 0 fully saturated rings. The van der Waals surface area contributed by atoms with Gasteiger partial charge in [0, 0.05) is 30.8 Å². The Balaban J connectivity index is 1.86. The summed E-state index contributed by atoms with van der Waals surface area (Å²) in [4.78, 5) is 20.2. The zero-order chi connectivity index (χ0) is 16.7. The van der Waals surface area contributed by atoms with Crippen molar-refractivity contribution >= 4 is 5.91 Å². The van der Waals surface area contributed by atoms with Crippen LogP contribution in [0.5, 0.6) is 0 Å². The topological polar surface area (TPSA) is 101 Å². The maximum absolute atomic E-state index is 12.0. The van der Waals surface area contributed by atoms with E-state index in [0.717, 1.165) is 12.0 Å². The van der Waals surface area contributed by atoms with Crippen molar-refractivity contribution in [3.8, 4) is 11.4 Å². The third-order valence-electron chi connectivity index (χ3n) is 3.85. The second-order valence-electron chi connectivity index (χ2n) is 5.49. The van der Waals surface area contributed by atoms with Crippen LogP contribution in [0.3, 0.4) is 0 Å². The number of aromatic nitrogens is 3. The van der Waals surface area contributed by atoms with E-state index in [1.165, 1.54) is 0 Å². The zero-order valence-electron chi connectivity index (χ0n) is 13.4. The van der Waals surface area contributed by atoms with Gasteiger partial charge in [0.1, 0.15) is 0 Å². The van der Waals surface area contributed by atoms with E-state index in [-0.39, 0.29) is 30.9 Å². The summed E-state index contributed by atoms with van der Waals surface area (Å²) >= 11 is 0. The van der Waals surface area contributed by atoms with Gasteiger partial charge in [0.25, 0.3) is 0 Å². The summed E-state index contributed by atoms with van der Waals surface area (Å²) in [6.07, 6.45) is 4.81. The normalized spacial score (nSPS) is 13.5. The van der Waals surface area contributed by atoms with E-state index in [9.17, 15) is 9.90 Å². The van der Waals surface area contributed by atoms with E-state index in [2.05, 4.69) is 20.4 Å². The molecule has 0 radical (unpaired) electrons. The van der Waals surface area contributed by atoms with Crippen molar-refractivity contribution in [2.24, 2.45) is 5.92 Å². The van der Waals surface area contributed by atoms with Crippen LogP contribution in [0.1, 0.15) is 32.6 Å². The largest absolute Gasteiger partial charge is 0.394 e. The van der Waals surface area contributed by atoms with Crippen molar-refractivity contribution < 1.29 is 14.4 Å². The third kappa shape index (κ3) is 4.85. The fourth-order valence-corrected chi connectivity index (χ4v) is 2.13. The number of aryl methyl sites for hydroxylation is 1. The Morgan fingerprint density at radius 1 is 1.39 bits per heavy atom. The van der Waals surface area contributed by atoms with Crippen LogP contribution in [0.4, 0.5) is 0 Å². The van der Waals surface area contributed by atoms with Crippen molar-refractivity contribution in [2.75, 3.05) is 6.61 Å². The minimum Gasteiger partial charge on any atom is -0.394 e. The Morgan fingerprint density at radius 3 is 2.78 bits per heavy atom. The van der Waals surface area contributed by atoms with Crippen LogP contribution in [0.15, 0.2) is 29.0 Å². The molecular formula is C16H22N4O3. The smallest absolute Gasteiger partial charge is 0.227 e. The zero-order valence-corrected chi connectivity index (χ0v) is 13.4. The first-order chi connectivity index (χ1) is 11.1. The predicted molar refractivity (Wildman–Crippen MR) is 84.3 cm³/mol. The van der Waals surface area contributed by atoms with E-state index in [1.807, 2.05) is 13.8 Å². The van der Waals surface area contributed by atoms with Gasteiger partial charge in [-0.05, 0) is 18.1 Å². The van der Waals surface area contributed by atoms with Gasteiger partial charge >= 0.3 is 0 Å². The second kappa shape index (κ2) is 8.38. The standard InChI is InChI=1S/C16H22N4O3/c1-3-11(2)13(10-21)18-14(22)4-5-15-19-16(20-23-15)12-6-8-17-9-7-12/h6-9,11,13,21H,3-5,10H2,1-2H3,(H,18,22)/t11-,13-/m1/s1. The summed E-state index contributed by atoms with van der Waals surface area (Å²) < 4.78 is 5.16. The van der Waals surface area contributed by atoms with E-state index >= 15 is 0 Å². The molecule has 0 saturated carbocycles. The van der Waals surface area contributed by atoms with Gasteiger partial charge in [-0.2, -0.15) is 4.98 Å². The van der Waals surface area contributed by atoms with Crippen molar-refractivity contribution in [3.63, 3.8) is 0 Å². The molecule has 2 aromatic heterocycles. The molecule has 0 aliphatic carbocycles. The first-order valence-electron chi connectivity index (χ1n) is 7.77. The average Bonchev–Trinajstić information content (AvgIpc) is 3.07. The molecule has 0 aliphatic heterocycles. The summed E-state index contributed by atoms with van der Waals surface area (Å²) in [6, 6.07) is 3.36. The molecule has 0 bridgehead atoms. The van der Waals surface area contributed by atoms with Crippen molar-refractivity contribution in [2.45, 2.75) is 39.2 Å². The Morgan fingerprint density at radius 2 is 2.13 bits per heavy atom. The maximum Gasteiger partial charge on any atom is 0.227 e. The number of nitrogens with one attached hydrogen (secondary N) is 1. The number of carbonyl (C=O) groups is 1.